The summed E-state index contributed by atoms with van der Waals surface area (Å²) in [4.78, 5) is 31.1. The van der Waals surface area contributed by atoms with Crippen molar-refractivity contribution < 1.29 is 4.79 Å². The van der Waals surface area contributed by atoms with Gasteiger partial charge in [-0.25, -0.2) is 4.79 Å². The number of aromatic nitrogens is 2. The number of anilines is 1. The van der Waals surface area contributed by atoms with Crippen molar-refractivity contribution in [1.29, 1.82) is 0 Å². The van der Waals surface area contributed by atoms with Crippen molar-refractivity contribution >= 4 is 11.7 Å². The summed E-state index contributed by atoms with van der Waals surface area (Å²) in [6.07, 6.45) is 0. The molecule has 0 aliphatic carbocycles. The van der Waals surface area contributed by atoms with Gasteiger partial charge in [0.25, 0.3) is 0 Å². The highest BCUT2D eigenvalue weighted by Gasteiger charge is 2.37. The van der Waals surface area contributed by atoms with Gasteiger partial charge in [0.15, 0.2) is 0 Å². The molecule has 3 rings (SSSR count). The van der Waals surface area contributed by atoms with E-state index in [0.29, 0.717) is 25.3 Å². The van der Waals surface area contributed by atoms with Crippen molar-refractivity contribution in [3.05, 3.63) is 22.2 Å². The lowest BCUT2D eigenvalue weighted by Gasteiger charge is -2.35. The van der Waals surface area contributed by atoms with Gasteiger partial charge in [0.05, 0.1) is 19.1 Å². The molecule has 2 aliphatic rings. The molecule has 6 heteroatoms. The Labute approximate surface area is 112 Å². The van der Waals surface area contributed by atoms with E-state index in [9.17, 15) is 9.59 Å². The molecule has 1 aromatic heterocycles. The normalized spacial score (nSPS) is 20.6. The molecule has 1 unspecified atom stereocenters. The molecule has 1 saturated heterocycles. The standard InChI is InChI=1S/C11H14N4O2.C2H6/c1-7-3-9-14-6-10(16)13(2)4-8(14)5-15(9)11(17)12-7;1-2/h3,8H,4-6H2,1-2H3;1-2H3. The van der Waals surface area contributed by atoms with Crippen LogP contribution < -0.4 is 10.6 Å². The maximum atomic E-state index is 11.8. The number of likely N-dealkylation sites (N-methyl/N-ethyl adjacent to an activating group) is 1. The van der Waals surface area contributed by atoms with Gasteiger partial charge in [-0.15, -0.1) is 0 Å². The van der Waals surface area contributed by atoms with Gasteiger partial charge in [-0.2, -0.15) is 4.98 Å². The summed E-state index contributed by atoms with van der Waals surface area (Å²) in [5.41, 5.74) is 0.484. The van der Waals surface area contributed by atoms with Gasteiger partial charge in [-0.1, -0.05) is 13.8 Å². The van der Waals surface area contributed by atoms with Crippen LogP contribution in [0.5, 0.6) is 0 Å². The molecule has 1 amide bonds. The number of carbonyl (C=O) groups is 1. The third-order valence-corrected chi connectivity index (χ3v) is 3.46. The molecule has 0 N–H and O–H groups in total. The first-order valence-corrected chi connectivity index (χ1v) is 6.65. The summed E-state index contributed by atoms with van der Waals surface area (Å²) in [5, 5.41) is 0. The Bertz CT molecular complexity index is 552. The van der Waals surface area contributed by atoms with Gasteiger partial charge in [0.1, 0.15) is 5.82 Å². The van der Waals surface area contributed by atoms with Crippen LogP contribution in [-0.4, -0.2) is 46.5 Å². The summed E-state index contributed by atoms with van der Waals surface area (Å²) in [5.74, 6) is 0.922. The molecular weight excluding hydrogens is 244 g/mol. The van der Waals surface area contributed by atoms with E-state index >= 15 is 0 Å². The SMILES string of the molecule is CC.Cc1cc2n(c(=O)n1)CC1CN(C)C(=O)CN21. The third-order valence-electron chi connectivity index (χ3n) is 3.46. The Hall–Kier alpha value is -1.85. The van der Waals surface area contributed by atoms with Gasteiger partial charge in [-0.3, -0.25) is 9.36 Å². The van der Waals surface area contributed by atoms with Crippen LogP contribution in [0.2, 0.25) is 0 Å². The molecule has 1 aromatic rings. The van der Waals surface area contributed by atoms with E-state index in [0.717, 1.165) is 5.82 Å². The second kappa shape index (κ2) is 5.03. The smallest absolute Gasteiger partial charge is 0.342 e. The Balaban J connectivity index is 0.000000637. The van der Waals surface area contributed by atoms with E-state index in [1.165, 1.54) is 0 Å². The number of hydrogen-bond acceptors (Lipinski definition) is 4. The predicted molar refractivity (Wildman–Crippen MR) is 73.4 cm³/mol. The summed E-state index contributed by atoms with van der Waals surface area (Å²) < 4.78 is 1.66. The molecule has 19 heavy (non-hydrogen) atoms. The molecule has 0 bridgehead atoms. The number of piperazine rings is 1. The minimum atomic E-state index is -0.218. The first-order valence-electron chi connectivity index (χ1n) is 6.65. The molecule has 2 aliphatic heterocycles. The van der Waals surface area contributed by atoms with Crippen LogP contribution in [0.25, 0.3) is 0 Å². The van der Waals surface area contributed by atoms with Crippen LogP contribution in [0, 0.1) is 6.92 Å². The zero-order valence-corrected chi connectivity index (χ0v) is 11.9. The van der Waals surface area contributed by atoms with E-state index < -0.39 is 0 Å². The Morgan fingerprint density at radius 3 is 2.63 bits per heavy atom. The monoisotopic (exact) mass is 264 g/mol. The van der Waals surface area contributed by atoms with Gasteiger partial charge < -0.3 is 9.80 Å². The lowest BCUT2D eigenvalue weighted by molar-refractivity contribution is -0.130. The number of nitrogens with zero attached hydrogens (tertiary/aromatic N) is 4. The van der Waals surface area contributed by atoms with Crippen LogP contribution in [0.3, 0.4) is 0 Å². The molecule has 0 spiro atoms. The first kappa shape index (κ1) is 13.6. The van der Waals surface area contributed by atoms with E-state index in [1.807, 2.05) is 24.8 Å². The molecule has 0 aromatic carbocycles. The van der Waals surface area contributed by atoms with E-state index in [2.05, 4.69) is 4.98 Å². The lowest BCUT2D eigenvalue weighted by atomic mass is 10.2. The highest BCUT2D eigenvalue weighted by Crippen LogP contribution is 2.27. The van der Waals surface area contributed by atoms with Crippen molar-refractivity contribution in [2.24, 2.45) is 0 Å². The highest BCUT2D eigenvalue weighted by molar-refractivity contribution is 5.83. The van der Waals surface area contributed by atoms with Crippen molar-refractivity contribution in [2.45, 2.75) is 33.4 Å². The summed E-state index contributed by atoms with van der Waals surface area (Å²) in [7, 11) is 1.80. The van der Waals surface area contributed by atoms with Gasteiger partial charge in [-0.05, 0) is 6.92 Å². The van der Waals surface area contributed by atoms with E-state index in [4.69, 9.17) is 0 Å². The molecular formula is C13H20N4O2. The number of fused-ring (bicyclic) bond motifs is 3. The quantitative estimate of drug-likeness (QED) is 0.673. The number of rotatable bonds is 0. The lowest BCUT2D eigenvalue weighted by Crippen LogP contribution is -2.53. The van der Waals surface area contributed by atoms with E-state index in [1.54, 1.807) is 23.4 Å². The van der Waals surface area contributed by atoms with Gasteiger partial charge in [0, 0.05) is 25.4 Å². The topological polar surface area (TPSA) is 58.4 Å². The van der Waals surface area contributed by atoms with Crippen LogP contribution in [-0.2, 0) is 11.3 Å². The van der Waals surface area contributed by atoms with Crippen LogP contribution >= 0.6 is 0 Å². The minimum absolute atomic E-state index is 0.0941. The summed E-state index contributed by atoms with van der Waals surface area (Å²) in [6, 6.07) is 2.08. The Morgan fingerprint density at radius 2 is 1.95 bits per heavy atom. The van der Waals surface area contributed by atoms with Gasteiger partial charge >= 0.3 is 5.69 Å². The molecule has 1 atom stereocenters. The number of aryl methyl sites for hydroxylation is 1. The summed E-state index contributed by atoms with van der Waals surface area (Å²) >= 11 is 0. The van der Waals surface area contributed by atoms with Crippen molar-refractivity contribution in [1.82, 2.24) is 14.5 Å². The third kappa shape index (κ3) is 2.22. The van der Waals surface area contributed by atoms with Crippen LogP contribution in [0.15, 0.2) is 10.9 Å². The molecule has 1 fully saturated rings. The zero-order valence-electron chi connectivity index (χ0n) is 11.9. The molecule has 0 radical (unpaired) electrons. The molecule has 3 heterocycles. The average molecular weight is 264 g/mol. The highest BCUT2D eigenvalue weighted by atomic mass is 16.2. The Kier molecular flexibility index (Phi) is 3.59. The van der Waals surface area contributed by atoms with Gasteiger partial charge in [0.2, 0.25) is 5.91 Å². The van der Waals surface area contributed by atoms with Crippen LogP contribution in [0.4, 0.5) is 5.82 Å². The minimum Gasteiger partial charge on any atom is -0.342 e. The maximum Gasteiger partial charge on any atom is 0.349 e. The molecule has 6 nitrogen and oxygen atoms in total. The molecule has 104 valence electrons. The predicted octanol–water partition coefficient (Wildman–Crippen LogP) is 0.239. The van der Waals surface area contributed by atoms with Crippen molar-refractivity contribution in [2.75, 3.05) is 25.0 Å². The molecule has 0 saturated carbocycles. The first-order chi connectivity index (χ1) is 9.06. The number of carbonyl (C=O) groups excluding carboxylic acids is 1. The van der Waals surface area contributed by atoms with Crippen LogP contribution in [0.1, 0.15) is 19.5 Å². The zero-order chi connectivity index (χ0) is 14.2. The van der Waals surface area contributed by atoms with Crippen molar-refractivity contribution in [3.8, 4) is 0 Å². The summed E-state index contributed by atoms with van der Waals surface area (Å²) in [6.45, 7) is 7.44. The van der Waals surface area contributed by atoms with Crippen molar-refractivity contribution in [3.63, 3.8) is 0 Å². The van der Waals surface area contributed by atoms with E-state index in [-0.39, 0.29) is 17.6 Å². The second-order valence-electron chi connectivity index (χ2n) is 4.70. The largest absolute Gasteiger partial charge is 0.349 e. The number of hydrogen-bond donors (Lipinski definition) is 0. The fraction of sp³-hybridized carbons (Fsp3) is 0.615. The average Bonchev–Trinajstić information content (AvgIpc) is 2.71. The fourth-order valence-corrected chi connectivity index (χ4v) is 2.56. The second-order valence-corrected chi connectivity index (χ2v) is 4.70. The Morgan fingerprint density at radius 1 is 1.26 bits per heavy atom. The number of amides is 1. The maximum absolute atomic E-state index is 11.8. The fourth-order valence-electron chi connectivity index (χ4n) is 2.56.